The Balaban J connectivity index is 2.40. The van der Waals surface area contributed by atoms with E-state index >= 15 is 0 Å². The molecule has 0 amide bonds. The molecule has 0 heterocycles. The third-order valence-electron chi connectivity index (χ3n) is 3.69. The number of nitrogens with two attached hydrogens (primary N) is 1. The Hall–Kier alpha value is -1.85. The Morgan fingerprint density at radius 3 is 2.10 bits per heavy atom. The molecule has 2 rings (SSSR count). The standard InChI is InChI=1S/C16H16F3NO/c17-13-5-2-12(3-6-13)16(9-20,10-21)8-11-1-4-14(18)7-15(11)19/h1-7,21H,8-10,20H2. The van der Waals surface area contributed by atoms with Gasteiger partial charge in [-0.1, -0.05) is 18.2 Å². The monoisotopic (exact) mass is 295 g/mol. The van der Waals surface area contributed by atoms with Gasteiger partial charge in [0.15, 0.2) is 0 Å². The maximum atomic E-state index is 13.8. The minimum Gasteiger partial charge on any atom is -0.395 e. The Morgan fingerprint density at radius 1 is 0.952 bits per heavy atom. The second-order valence-corrected chi connectivity index (χ2v) is 5.06. The van der Waals surface area contributed by atoms with E-state index in [4.69, 9.17) is 5.73 Å². The molecule has 3 N–H and O–H groups in total. The first-order chi connectivity index (χ1) is 10.0. The fraction of sp³-hybridized carbons (Fsp3) is 0.250. The van der Waals surface area contributed by atoms with Crippen molar-refractivity contribution in [3.63, 3.8) is 0 Å². The van der Waals surface area contributed by atoms with E-state index in [0.29, 0.717) is 5.56 Å². The van der Waals surface area contributed by atoms with Crippen molar-refractivity contribution in [2.45, 2.75) is 11.8 Å². The third-order valence-corrected chi connectivity index (χ3v) is 3.69. The maximum Gasteiger partial charge on any atom is 0.129 e. The van der Waals surface area contributed by atoms with Crippen LogP contribution in [-0.4, -0.2) is 18.3 Å². The lowest BCUT2D eigenvalue weighted by molar-refractivity contribution is 0.195. The summed E-state index contributed by atoms with van der Waals surface area (Å²) in [5, 5.41) is 9.74. The molecule has 1 unspecified atom stereocenters. The summed E-state index contributed by atoms with van der Waals surface area (Å²) in [6, 6.07) is 8.82. The average molecular weight is 295 g/mol. The predicted octanol–water partition coefficient (Wildman–Crippen LogP) is 2.54. The van der Waals surface area contributed by atoms with E-state index in [1.807, 2.05) is 0 Å². The molecule has 0 radical (unpaired) electrons. The molecule has 2 aromatic carbocycles. The topological polar surface area (TPSA) is 46.2 Å². The molecule has 0 spiro atoms. The van der Waals surface area contributed by atoms with E-state index in [-0.39, 0.29) is 25.1 Å². The smallest absolute Gasteiger partial charge is 0.129 e. The highest BCUT2D eigenvalue weighted by Gasteiger charge is 2.31. The lowest BCUT2D eigenvalue weighted by Crippen LogP contribution is -2.41. The van der Waals surface area contributed by atoms with E-state index in [1.165, 1.54) is 30.3 Å². The van der Waals surface area contributed by atoms with Gasteiger partial charge in [0.05, 0.1) is 6.61 Å². The van der Waals surface area contributed by atoms with Crippen LogP contribution in [0.1, 0.15) is 11.1 Å². The molecule has 0 aliphatic rings. The predicted molar refractivity (Wildman–Crippen MR) is 74.3 cm³/mol. The minimum atomic E-state index is -0.938. The Kier molecular flexibility index (Phi) is 4.65. The highest BCUT2D eigenvalue weighted by molar-refractivity contribution is 5.31. The molecule has 0 aromatic heterocycles. The summed E-state index contributed by atoms with van der Waals surface area (Å²) in [6.45, 7) is -0.280. The van der Waals surface area contributed by atoms with Crippen LogP contribution in [0.5, 0.6) is 0 Å². The SMILES string of the molecule is NCC(CO)(Cc1ccc(F)cc1F)c1ccc(F)cc1. The lowest BCUT2D eigenvalue weighted by atomic mass is 9.76. The Labute approximate surface area is 121 Å². The van der Waals surface area contributed by atoms with Crippen molar-refractivity contribution in [3.8, 4) is 0 Å². The summed E-state index contributed by atoms with van der Waals surface area (Å²) in [6.07, 6.45) is 0.0950. The summed E-state index contributed by atoms with van der Waals surface area (Å²) in [4.78, 5) is 0. The first-order valence-electron chi connectivity index (χ1n) is 6.52. The maximum absolute atomic E-state index is 13.8. The van der Waals surface area contributed by atoms with Gasteiger partial charge in [0.25, 0.3) is 0 Å². The van der Waals surface area contributed by atoms with E-state index in [2.05, 4.69) is 0 Å². The lowest BCUT2D eigenvalue weighted by Gasteiger charge is -2.31. The van der Waals surface area contributed by atoms with Crippen LogP contribution in [0.4, 0.5) is 13.2 Å². The molecule has 0 aliphatic carbocycles. The van der Waals surface area contributed by atoms with Crippen molar-refractivity contribution < 1.29 is 18.3 Å². The van der Waals surface area contributed by atoms with Crippen LogP contribution in [0.25, 0.3) is 0 Å². The quantitative estimate of drug-likeness (QED) is 0.890. The highest BCUT2D eigenvalue weighted by atomic mass is 19.1. The van der Waals surface area contributed by atoms with Gasteiger partial charge in [-0.25, -0.2) is 13.2 Å². The van der Waals surface area contributed by atoms with Crippen molar-refractivity contribution in [2.24, 2.45) is 5.73 Å². The number of rotatable bonds is 5. The van der Waals surface area contributed by atoms with E-state index in [0.717, 1.165) is 12.1 Å². The van der Waals surface area contributed by atoms with Crippen LogP contribution in [-0.2, 0) is 11.8 Å². The van der Waals surface area contributed by atoms with Crippen LogP contribution < -0.4 is 5.73 Å². The molecule has 0 fully saturated rings. The zero-order valence-corrected chi connectivity index (χ0v) is 11.3. The van der Waals surface area contributed by atoms with E-state index in [9.17, 15) is 18.3 Å². The molecule has 2 nitrogen and oxygen atoms in total. The van der Waals surface area contributed by atoms with Crippen molar-refractivity contribution in [1.29, 1.82) is 0 Å². The van der Waals surface area contributed by atoms with Crippen molar-refractivity contribution >= 4 is 0 Å². The number of hydrogen-bond acceptors (Lipinski definition) is 2. The van der Waals surface area contributed by atoms with Gasteiger partial charge in [0.2, 0.25) is 0 Å². The summed E-state index contributed by atoms with van der Waals surface area (Å²) in [5.74, 6) is -1.76. The number of hydrogen-bond donors (Lipinski definition) is 2. The van der Waals surface area contributed by atoms with Gasteiger partial charge < -0.3 is 10.8 Å². The third kappa shape index (κ3) is 3.25. The van der Waals surface area contributed by atoms with Crippen LogP contribution in [0.2, 0.25) is 0 Å². The second kappa shape index (κ2) is 6.28. The van der Waals surface area contributed by atoms with Gasteiger partial charge in [0, 0.05) is 18.0 Å². The Morgan fingerprint density at radius 2 is 1.57 bits per heavy atom. The molecule has 112 valence electrons. The van der Waals surface area contributed by atoms with Gasteiger partial charge in [-0.15, -0.1) is 0 Å². The van der Waals surface area contributed by atoms with Gasteiger partial charge in [0.1, 0.15) is 17.5 Å². The van der Waals surface area contributed by atoms with Gasteiger partial charge in [-0.2, -0.15) is 0 Å². The zero-order chi connectivity index (χ0) is 15.5. The molecule has 0 bridgehead atoms. The normalized spacial score (nSPS) is 14.0. The van der Waals surface area contributed by atoms with E-state index in [1.54, 1.807) is 0 Å². The molecule has 21 heavy (non-hydrogen) atoms. The van der Waals surface area contributed by atoms with Crippen LogP contribution >= 0.6 is 0 Å². The first-order valence-corrected chi connectivity index (χ1v) is 6.52. The van der Waals surface area contributed by atoms with Crippen molar-refractivity contribution in [1.82, 2.24) is 0 Å². The fourth-order valence-corrected chi connectivity index (χ4v) is 2.34. The van der Waals surface area contributed by atoms with Crippen LogP contribution in [0.3, 0.4) is 0 Å². The molecule has 0 saturated heterocycles. The molecule has 0 saturated carbocycles. The van der Waals surface area contributed by atoms with Gasteiger partial charge >= 0.3 is 0 Å². The number of benzene rings is 2. The van der Waals surface area contributed by atoms with Crippen LogP contribution in [0.15, 0.2) is 42.5 Å². The molecule has 1 atom stereocenters. The van der Waals surface area contributed by atoms with Crippen molar-refractivity contribution in [3.05, 3.63) is 71.0 Å². The van der Waals surface area contributed by atoms with Crippen LogP contribution in [0, 0.1) is 17.5 Å². The average Bonchev–Trinajstić information content (AvgIpc) is 2.48. The molecular weight excluding hydrogens is 279 g/mol. The summed E-state index contributed by atoms with van der Waals surface area (Å²) in [5.41, 5.74) is 5.69. The second-order valence-electron chi connectivity index (χ2n) is 5.06. The van der Waals surface area contributed by atoms with Gasteiger partial charge in [-0.3, -0.25) is 0 Å². The summed E-state index contributed by atoms with van der Waals surface area (Å²) in [7, 11) is 0. The molecule has 0 aliphatic heterocycles. The van der Waals surface area contributed by atoms with Crippen molar-refractivity contribution in [2.75, 3.05) is 13.2 Å². The number of halogens is 3. The molecule has 5 heteroatoms. The molecule has 2 aromatic rings. The van der Waals surface area contributed by atoms with E-state index < -0.39 is 22.9 Å². The zero-order valence-electron chi connectivity index (χ0n) is 11.3. The fourth-order valence-electron chi connectivity index (χ4n) is 2.34. The summed E-state index contributed by atoms with van der Waals surface area (Å²) >= 11 is 0. The highest BCUT2D eigenvalue weighted by Crippen LogP contribution is 2.29. The largest absolute Gasteiger partial charge is 0.395 e. The number of aliphatic hydroxyl groups is 1. The van der Waals surface area contributed by atoms with Gasteiger partial charge in [-0.05, 0) is 35.7 Å². The first kappa shape index (κ1) is 15.5. The number of aliphatic hydroxyl groups excluding tert-OH is 1. The minimum absolute atomic E-state index is 0.0476. The Bertz CT molecular complexity index is 609. The summed E-state index contributed by atoms with van der Waals surface area (Å²) < 4.78 is 39.8. The molecular formula is C16H16F3NO.